The van der Waals surface area contributed by atoms with E-state index >= 15 is 0 Å². The molecule has 3 aromatic rings. The molecular formula is C26H32N4O6S. The Balaban J connectivity index is 2.12. The Morgan fingerprint density at radius 3 is 2.35 bits per heavy atom. The van der Waals surface area contributed by atoms with E-state index in [9.17, 15) is 18.3 Å². The first-order valence-corrected chi connectivity index (χ1v) is 13.2. The minimum atomic E-state index is -4.23. The fourth-order valence-electron chi connectivity index (χ4n) is 3.95. The van der Waals surface area contributed by atoms with E-state index in [4.69, 9.17) is 15.2 Å². The Hall–Kier alpha value is -3.70. The highest BCUT2D eigenvalue weighted by Crippen LogP contribution is 2.39. The number of methoxy groups -OCH3 is 1. The van der Waals surface area contributed by atoms with Crippen LogP contribution >= 0.6 is 0 Å². The van der Waals surface area contributed by atoms with Gasteiger partial charge in [0.1, 0.15) is 12.3 Å². The van der Waals surface area contributed by atoms with Gasteiger partial charge in [0, 0.05) is 11.6 Å². The Morgan fingerprint density at radius 2 is 1.76 bits per heavy atom. The standard InChI is InChI=1S/C26H32N4O6S/c1-15(2)12-19(27)14-36-24-23(35-5)22(21-16(3)8-6-9-17(21)4)28-26(29-24)30-37(33,34)20-11-7-10-18(13-20)25(31)32/h6-11,13,15,19H,12,14,27H2,1-5H3,(H,31,32)(H,28,29,30)/t19-/m1/s1. The number of rotatable bonds is 11. The van der Waals surface area contributed by atoms with Gasteiger partial charge in [-0.15, -0.1) is 0 Å². The van der Waals surface area contributed by atoms with Crippen molar-refractivity contribution in [3.63, 3.8) is 0 Å². The van der Waals surface area contributed by atoms with Crippen LogP contribution in [0.2, 0.25) is 0 Å². The van der Waals surface area contributed by atoms with Crippen molar-refractivity contribution in [1.29, 1.82) is 0 Å². The van der Waals surface area contributed by atoms with E-state index in [0.717, 1.165) is 29.2 Å². The number of ether oxygens (including phenoxy) is 2. The topological polar surface area (TPSA) is 154 Å². The average Bonchev–Trinajstić information content (AvgIpc) is 2.82. The molecule has 1 atom stereocenters. The van der Waals surface area contributed by atoms with E-state index in [-0.39, 0.29) is 40.7 Å². The number of carboxylic acid groups (broad SMARTS) is 1. The second-order valence-electron chi connectivity index (χ2n) is 9.14. The molecule has 37 heavy (non-hydrogen) atoms. The van der Waals surface area contributed by atoms with Crippen molar-refractivity contribution < 1.29 is 27.8 Å². The number of anilines is 1. The van der Waals surface area contributed by atoms with Crippen molar-refractivity contribution in [3.8, 4) is 22.9 Å². The van der Waals surface area contributed by atoms with Gasteiger partial charge in [-0.3, -0.25) is 0 Å². The monoisotopic (exact) mass is 528 g/mol. The van der Waals surface area contributed by atoms with Crippen LogP contribution in [0.5, 0.6) is 11.6 Å². The third-order valence-electron chi connectivity index (χ3n) is 5.58. The number of aryl methyl sites for hydroxylation is 2. The van der Waals surface area contributed by atoms with Gasteiger partial charge in [-0.2, -0.15) is 4.98 Å². The van der Waals surface area contributed by atoms with E-state index < -0.39 is 16.0 Å². The van der Waals surface area contributed by atoms with E-state index in [2.05, 4.69) is 28.5 Å². The Kier molecular flexibility index (Phi) is 8.72. The molecule has 0 spiro atoms. The fraction of sp³-hybridized carbons (Fsp3) is 0.346. The summed E-state index contributed by atoms with van der Waals surface area (Å²) in [6, 6.07) is 10.4. The van der Waals surface area contributed by atoms with Gasteiger partial charge in [-0.05, 0) is 55.5 Å². The summed E-state index contributed by atoms with van der Waals surface area (Å²) in [6.07, 6.45) is 0.719. The number of benzene rings is 2. The highest BCUT2D eigenvalue weighted by Gasteiger charge is 2.25. The van der Waals surface area contributed by atoms with Crippen LogP contribution in [0.1, 0.15) is 41.8 Å². The predicted octanol–water partition coefficient (Wildman–Crippen LogP) is 4.02. The summed E-state index contributed by atoms with van der Waals surface area (Å²) in [6.45, 7) is 8.05. The Labute approximate surface area is 216 Å². The molecule has 2 aromatic carbocycles. The van der Waals surface area contributed by atoms with Crippen molar-refractivity contribution in [3.05, 3.63) is 59.2 Å². The van der Waals surface area contributed by atoms with Crippen molar-refractivity contribution in [1.82, 2.24) is 9.97 Å². The van der Waals surface area contributed by atoms with Crippen molar-refractivity contribution in [2.75, 3.05) is 18.4 Å². The maximum Gasteiger partial charge on any atom is 0.335 e. The summed E-state index contributed by atoms with van der Waals surface area (Å²) < 4.78 is 40.2. The summed E-state index contributed by atoms with van der Waals surface area (Å²) in [5, 5.41) is 9.25. The molecule has 0 radical (unpaired) electrons. The summed E-state index contributed by atoms with van der Waals surface area (Å²) in [4.78, 5) is 19.9. The van der Waals surface area contributed by atoms with E-state index in [1.165, 1.54) is 25.3 Å². The zero-order valence-corrected chi connectivity index (χ0v) is 22.3. The second-order valence-corrected chi connectivity index (χ2v) is 10.8. The Morgan fingerprint density at radius 1 is 1.11 bits per heavy atom. The number of hydrogen-bond donors (Lipinski definition) is 3. The number of aromatic nitrogens is 2. The molecular weight excluding hydrogens is 496 g/mol. The molecule has 0 bridgehead atoms. The molecule has 0 aliphatic carbocycles. The minimum absolute atomic E-state index is 0.0337. The lowest BCUT2D eigenvalue weighted by Crippen LogP contribution is -2.29. The SMILES string of the molecule is COc1c(OC[C@H](N)CC(C)C)nc(NS(=O)(=O)c2cccc(C(=O)O)c2)nc1-c1c(C)cccc1C. The van der Waals surface area contributed by atoms with Gasteiger partial charge in [0.25, 0.3) is 15.9 Å². The number of aromatic carboxylic acids is 1. The third kappa shape index (κ3) is 6.75. The van der Waals surface area contributed by atoms with Crippen LogP contribution in [0.4, 0.5) is 5.95 Å². The normalized spacial score (nSPS) is 12.3. The summed E-state index contributed by atoms with van der Waals surface area (Å²) in [5.41, 5.74) is 8.90. The van der Waals surface area contributed by atoms with Gasteiger partial charge < -0.3 is 20.3 Å². The summed E-state index contributed by atoms with van der Waals surface area (Å²) >= 11 is 0. The highest BCUT2D eigenvalue weighted by molar-refractivity contribution is 7.92. The van der Waals surface area contributed by atoms with Crippen LogP contribution in [0.3, 0.4) is 0 Å². The maximum absolute atomic E-state index is 13.1. The second kappa shape index (κ2) is 11.6. The van der Waals surface area contributed by atoms with Crippen LogP contribution in [0.25, 0.3) is 11.3 Å². The number of hydrogen-bond acceptors (Lipinski definition) is 8. The van der Waals surface area contributed by atoms with Crippen LogP contribution < -0.4 is 19.9 Å². The van der Waals surface area contributed by atoms with Crippen molar-refractivity contribution in [2.24, 2.45) is 11.7 Å². The van der Waals surface area contributed by atoms with Crippen LogP contribution in [-0.4, -0.2) is 49.2 Å². The number of carboxylic acids is 1. The van der Waals surface area contributed by atoms with Gasteiger partial charge in [-0.1, -0.05) is 38.1 Å². The highest BCUT2D eigenvalue weighted by atomic mass is 32.2. The molecule has 10 nitrogen and oxygen atoms in total. The van der Waals surface area contributed by atoms with Crippen LogP contribution in [-0.2, 0) is 10.0 Å². The third-order valence-corrected chi connectivity index (χ3v) is 6.91. The van der Waals surface area contributed by atoms with Crippen LogP contribution in [0.15, 0.2) is 47.4 Å². The van der Waals surface area contributed by atoms with Gasteiger partial charge in [0.05, 0.1) is 17.6 Å². The lowest BCUT2D eigenvalue weighted by Gasteiger charge is -2.19. The molecule has 0 amide bonds. The number of nitrogens with one attached hydrogen (secondary N) is 1. The van der Waals surface area contributed by atoms with Crippen molar-refractivity contribution in [2.45, 2.75) is 45.1 Å². The zero-order valence-electron chi connectivity index (χ0n) is 21.5. The summed E-state index contributed by atoms with van der Waals surface area (Å²) in [5.74, 6) is -0.869. The molecule has 0 aliphatic heterocycles. The maximum atomic E-state index is 13.1. The van der Waals surface area contributed by atoms with E-state index in [1.54, 1.807) is 0 Å². The fourth-order valence-corrected chi connectivity index (χ4v) is 4.94. The molecule has 11 heteroatoms. The van der Waals surface area contributed by atoms with Gasteiger partial charge in [0.2, 0.25) is 11.7 Å². The molecule has 3 rings (SSSR count). The molecule has 1 aromatic heterocycles. The lowest BCUT2D eigenvalue weighted by atomic mass is 9.99. The first-order valence-electron chi connectivity index (χ1n) is 11.7. The minimum Gasteiger partial charge on any atom is -0.490 e. The molecule has 198 valence electrons. The average molecular weight is 529 g/mol. The van der Waals surface area contributed by atoms with Gasteiger partial charge >= 0.3 is 5.97 Å². The quantitative estimate of drug-likeness (QED) is 0.335. The van der Waals surface area contributed by atoms with Gasteiger partial charge in [0.15, 0.2) is 0 Å². The number of sulfonamides is 1. The van der Waals surface area contributed by atoms with Crippen molar-refractivity contribution >= 4 is 21.9 Å². The van der Waals surface area contributed by atoms with E-state index in [0.29, 0.717) is 11.6 Å². The van der Waals surface area contributed by atoms with Gasteiger partial charge in [-0.25, -0.2) is 22.9 Å². The lowest BCUT2D eigenvalue weighted by molar-refractivity contribution is 0.0696. The molecule has 0 saturated heterocycles. The number of carbonyl (C=O) groups is 1. The van der Waals surface area contributed by atoms with E-state index in [1.807, 2.05) is 32.0 Å². The summed E-state index contributed by atoms with van der Waals surface area (Å²) in [7, 11) is -2.78. The number of nitrogens with zero attached hydrogens (tertiary/aromatic N) is 2. The molecule has 4 N–H and O–H groups in total. The predicted molar refractivity (Wildman–Crippen MR) is 141 cm³/mol. The Bertz CT molecular complexity index is 1370. The molecule has 0 aliphatic rings. The molecule has 0 unspecified atom stereocenters. The molecule has 0 fully saturated rings. The zero-order chi connectivity index (χ0) is 27.3. The molecule has 1 heterocycles. The smallest absolute Gasteiger partial charge is 0.335 e. The van der Waals surface area contributed by atoms with Crippen LogP contribution in [0, 0.1) is 19.8 Å². The first kappa shape index (κ1) is 27.9. The number of nitrogens with two attached hydrogens (primary N) is 1. The molecule has 0 saturated carbocycles. The largest absolute Gasteiger partial charge is 0.490 e. The first-order chi connectivity index (χ1) is 17.4.